The number of hydrogen-bond donors (Lipinski definition) is 2. The summed E-state index contributed by atoms with van der Waals surface area (Å²) in [5.74, 6) is 0.761. The van der Waals surface area contributed by atoms with E-state index in [0.717, 1.165) is 19.6 Å². The molecule has 2 aliphatic rings. The number of amides is 1. The summed E-state index contributed by atoms with van der Waals surface area (Å²) in [5.41, 5.74) is 0. The van der Waals surface area contributed by atoms with Gasteiger partial charge in [-0.15, -0.1) is 0 Å². The molecule has 2 rings (SSSR count). The molecule has 1 heterocycles. The predicted octanol–water partition coefficient (Wildman–Crippen LogP) is 0.975. The molecule has 1 saturated carbocycles. The Hall–Kier alpha value is -0.610. The van der Waals surface area contributed by atoms with Crippen LogP contribution in [0.1, 0.15) is 39.0 Å². The van der Waals surface area contributed by atoms with E-state index in [0.29, 0.717) is 12.0 Å². The van der Waals surface area contributed by atoms with Crippen molar-refractivity contribution in [1.82, 2.24) is 15.5 Å². The lowest BCUT2D eigenvalue weighted by molar-refractivity contribution is -0.126. The molecule has 18 heavy (non-hydrogen) atoms. The van der Waals surface area contributed by atoms with Gasteiger partial charge in [0.05, 0.1) is 0 Å². The first-order valence-corrected chi connectivity index (χ1v) is 7.40. The highest BCUT2D eigenvalue weighted by atomic mass is 16.2. The molecule has 0 bridgehead atoms. The molecule has 104 valence electrons. The van der Waals surface area contributed by atoms with Crippen molar-refractivity contribution in [3.8, 4) is 0 Å². The van der Waals surface area contributed by atoms with Gasteiger partial charge in [-0.25, -0.2) is 0 Å². The summed E-state index contributed by atoms with van der Waals surface area (Å²) in [6.07, 6.45) is 6.54. The van der Waals surface area contributed by atoms with Crippen molar-refractivity contribution < 1.29 is 4.79 Å². The SMILES string of the molecule is CNCC1C(=O)NCC(C)CN1C1CCCCC1. The van der Waals surface area contributed by atoms with Crippen LogP contribution in [-0.2, 0) is 4.79 Å². The summed E-state index contributed by atoms with van der Waals surface area (Å²) in [5, 5.41) is 6.25. The third-order valence-corrected chi connectivity index (χ3v) is 4.29. The van der Waals surface area contributed by atoms with E-state index in [2.05, 4.69) is 22.5 Å². The smallest absolute Gasteiger partial charge is 0.238 e. The third kappa shape index (κ3) is 3.23. The van der Waals surface area contributed by atoms with Gasteiger partial charge < -0.3 is 10.6 Å². The van der Waals surface area contributed by atoms with E-state index in [1.807, 2.05) is 7.05 Å². The molecule has 2 atom stereocenters. The van der Waals surface area contributed by atoms with E-state index in [-0.39, 0.29) is 11.9 Å². The molecule has 1 saturated heterocycles. The Kier molecular flexibility index (Phi) is 5.01. The molecule has 4 nitrogen and oxygen atoms in total. The van der Waals surface area contributed by atoms with Crippen molar-refractivity contribution in [2.75, 3.05) is 26.7 Å². The van der Waals surface area contributed by atoms with Gasteiger partial charge in [-0.05, 0) is 25.8 Å². The maximum Gasteiger partial charge on any atom is 0.238 e. The highest BCUT2D eigenvalue weighted by Crippen LogP contribution is 2.26. The minimum Gasteiger partial charge on any atom is -0.354 e. The van der Waals surface area contributed by atoms with Crippen LogP contribution in [0.15, 0.2) is 0 Å². The first-order valence-electron chi connectivity index (χ1n) is 7.40. The Morgan fingerprint density at radius 2 is 2.06 bits per heavy atom. The second-order valence-corrected chi connectivity index (χ2v) is 5.91. The summed E-state index contributed by atoms with van der Waals surface area (Å²) in [6.45, 7) is 4.87. The normalized spacial score (nSPS) is 32.0. The van der Waals surface area contributed by atoms with Gasteiger partial charge in [-0.3, -0.25) is 9.69 Å². The average Bonchev–Trinajstić information content (AvgIpc) is 2.53. The van der Waals surface area contributed by atoms with Gasteiger partial charge in [0.2, 0.25) is 5.91 Å². The van der Waals surface area contributed by atoms with Crippen LogP contribution in [0.3, 0.4) is 0 Å². The Balaban J connectivity index is 2.10. The molecule has 1 aliphatic carbocycles. The van der Waals surface area contributed by atoms with Gasteiger partial charge >= 0.3 is 0 Å². The zero-order chi connectivity index (χ0) is 13.0. The van der Waals surface area contributed by atoms with Crippen molar-refractivity contribution in [2.45, 2.75) is 51.1 Å². The minimum absolute atomic E-state index is 0.0167. The van der Waals surface area contributed by atoms with Crippen LogP contribution < -0.4 is 10.6 Å². The highest BCUT2D eigenvalue weighted by molar-refractivity contribution is 5.82. The minimum atomic E-state index is 0.0167. The molecule has 2 fully saturated rings. The van der Waals surface area contributed by atoms with Crippen LogP contribution in [0.4, 0.5) is 0 Å². The number of hydrogen-bond acceptors (Lipinski definition) is 3. The standard InChI is InChI=1S/C14H27N3O/c1-11-8-16-14(18)13(9-15-2)17(10-11)12-6-4-3-5-7-12/h11-13,15H,3-10H2,1-2H3,(H,16,18). The van der Waals surface area contributed by atoms with E-state index in [4.69, 9.17) is 0 Å². The van der Waals surface area contributed by atoms with E-state index in [1.54, 1.807) is 0 Å². The highest BCUT2D eigenvalue weighted by Gasteiger charge is 2.34. The van der Waals surface area contributed by atoms with Crippen LogP contribution in [0, 0.1) is 5.92 Å². The second kappa shape index (κ2) is 6.53. The van der Waals surface area contributed by atoms with Gasteiger partial charge in [0.1, 0.15) is 6.04 Å². The van der Waals surface area contributed by atoms with E-state index in [1.165, 1.54) is 32.1 Å². The van der Waals surface area contributed by atoms with Crippen molar-refractivity contribution in [2.24, 2.45) is 5.92 Å². The quantitative estimate of drug-likeness (QED) is 0.788. The summed E-state index contributed by atoms with van der Waals surface area (Å²) >= 11 is 0. The fourth-order valence-electron chi connectivity index (χ4n) is 3.31. The zero-order valence-electron chi connectivity index (χ0n) is 11.7. The molecule has 1 amide bonds. The maximum atomic E-state index is 12.2. The summed E-state index contributed by atoms with van der Waals surface area (Å²) < 4.78 is 0. The lowest BCUT2D eigenvalue weighted by Crippen LogP contribution is -2.53. The number of nitrogens with zero attached hydrogens (tertiary/aromatic N) is 1. The third-order valence-electron chi connectivity index (χ3n) is 4.29. The van der Waals surface area contributed by atoms with Gasteiger partial charge in [0.25, 0.3) is 0 Å². The fourth-order valence-corrected chi connectivity index (χ4v) is 3.31. The summed E-state index contributed by atoms with van der Waals surface area (Å²) in [4.78, 5) is 14.7. The second-order valence-electron chi connectivity index (χ2n) is 5.91. The van der Waals surface area contributed by atoms with Gasteiger partial charge in [0, 0.05) is 25.7 Å². The lowest BCUT2D eigenvalue weighted by atomic mass is 9.92. The van der Waals surface area contributed by atoms with Crippen LogP contribution in [0.25, 0.3) is 0 Å². The molecule has 0 aromatic rings. The number of rotatable bonds is 3. The molecule has 2 N–H and O–H groups in total. The average molecular weight is 253 g/mol. The monoisotopic (exact) mass is 253 g/mol. The van der Waals surface area contributed by atoms with Gasteiger partial charge in [0.15, 0.2) is 0 Å². The van der Waals surface area contributed by atoms with Gasteiger partial charge in [-0.1, -0.05) is 26.2 Å². The number of likely N-dealkylation sites (N-methyl/N-ethyl adjacent to an activating group) is 1. The fraction of sp³-hybridized carbons (Fsp3) is 0.929. The van der Waals surface area contributed by atoms with Crippen LogP contribution >= 0.6 is 0 Å². The zero-order valence-corrected chi connectivity index (χ0v) is 11.7. The Morgan fingerprint density at radius 3 is 2.72 bits per heavy atom. The lowest BCUT2D eigenvalue weighted by Gasteiger charge is -2.38. The number of nitrogens with one attached hydrogen (secondary N) is 2. The maximum absolute atomic E-state index is 12.2. The molecule has 0 spiro atoms. The first-order chi connectivity index (χ1) is 8.72. The van der Waals surface area contributed by atoms with E-state index in [9.17, 15) is 4.79 Å². The summed E-state index contributed by atoms with van der Waals surface area (Å²) in [7, 11) is 1.93. The molecule has 0 radical (unpaired) electrons. The summed E-state index contributed by atoms with van der Waals surface area (Å²) in [6, 6.07) is 0.631. The number of carbonyl (C=O) groups excluding carboxylic acids is 1. The Labute approximate surface area is 110 Å². The van der Waals surface area contributed by atoms with Crippen molar-refractivity contribution in [1.29, 1.82) is 0 Å². The number of carbonyl (C=O) groups is 1. The first kappa shape index (κ1) is 13.8. The van der Waals surface area contributed by atoms with Crippen molar-refractivity contribution >= 4 is 5.91 Å². The van der Waals surface area contributed by atoms with E-state index < -0.39 is 0 Å². The van der Waals surface area contributed by atoms with Crippen LogP contribution in [0.2, 0.25) is 0 Å². The van der Waals surface area contributed by atoms with Crippen LogP contribution in [0.5, 0.6) is 0 Å². The largest absolute Gasteiger partial charge is 0.354 e. The predicted molar refractivity (Wildman–Crippen MR) is 73.5 cm³/mol. The van der Waals surface area contributed by atoms with Crippen LogP contribution in [-0.4, -0.2) is 49.6 Å². The topological polar surface area (TPSA) is 44.4 Å². The molecular weight excluding hydrogens is 226 g/mol. The molecule has 0 aromatic carbocycles. The van der Waals surface area contributed by atoms with Gasteiger partial charge in [-0.2, -0.15) is 0 Å². The van der Waals surface area contributed by atoms with Crippen molar-refractivity contribution in [3.05, 3.63) is 0 Å². The molecule has 4 heteroatoms. The molecule has 2 unspecified atom stereocenters. The Bertz CT molecular complexity index is 276. The van der Waals surface area contributed by atoms with E-state index >= 15 is 0 Å². The van der Waals surface area contributed by atoms with Crippen molar-refractivity contribution in [3.63, 3.8) is 0 Å². The molecule has 0 aromatic heterocycles. The molecule has 1 aliphatic heterocycles. The Morgan fingerprint density at radius 1 is 1.33 bits per heavy atom. The molecular formula is C14H27N3O.